The average Bonchev–Trinajstić information content (AvgIpc) is 2.35. The smallest absolute Gasteiger partial charge is 0.250 e. The maximum Gasteiger partial charge on any atom is 0.250 e. The molecular formula is C11H16N2O3. The highest BCUT2D eigenvalue weighted by Gasteiger charge is 2.12. The van der Waals surface area contributed by atoms with Crippen LogP contribution in [0.1, 0.15) is 5.56 Å². The normalized spacial score (nSPS) is 11.9. The predicted octanol–water partition coefficient (Wildman–Crippen LogP) is -0.369. The summed E-state index contributed by atoms with van der Waals surface area (Å²) in [7, 11) is 1.56. The lowest BCUT2D eigenvalue weighted by Crippen LogP contribution is -2.38. The Morgan fingerprint density at radius 1 is 1.56 bits per heavy atom. The number of benzene rings is 1. The molecule has 1 aromatic carbocycles. The van der Waals surface area contributed by atoms with E-state index in [4.69, 9.17) is 15.6 Å². The van der Waals surface area contributed by atoms with E-state index in [0.717, 1.165) is 5.56 Å². The lowest BCUT2D eigenvalue weighted by molar-refractivity contribution is -0.128. The Hall–Kier alpha value is -1.59. The fourth-order valence-corrected chi connectivity index (χ4v) is 1.26. The number of carbonyl (C=O) groups excluding carboxylic acids is 1. The summed E-state index contributed by atoms with van der Waals surface area (Å²) in [5, 5.41) is 11.7. The van der Waals surface area contributed by atoms with Gasteiger partial charge in [-0.25, -0.2) is 0 Å². The number of ether oxygens (including phenoxy) is 1. The van der Waals surface area contributed by atoms with E-state index in [2.05, 4.69) is 5.32 Å². The highest BCUT2D eigenvalue weighted by atomic mass is 16.5. The van der Waals surface area contributed by atoms with Gasteiger partial charge in [-0.05, 0) is 6.07 Å². The molecule has 0 aliphatic carbocycles. The van der Waals surface area contributed by atoms with Gasteiger partial charge < -0.3 is 20.9 Å². The number of hydrogen-bond acceptors (Lipinski definition) is 4. The van der Waals surface area contributed by atoms with Crippen molar-refractivity contribution in [2.75, 3.05) is 13.7 Å². The second-order valence-electron chi connectivity index (χ2n) is 3.28. The molecule has 0 bridgehead atoms. The van der Waals surface area contributed by atoms with Crippen LogP contribution in [0.15, 0.2) is 24.3 Å². The summed E-state index contributed by atoms with van der Waals surface area (Å²) < 4.78 is 5.13. The van der Waals surface area contributed by atoms with Crippen molar-refractivity contribution < 1.29 is 14.6 Å². The summed E-state index contributed by atoms with van der Waals surface area (Å²) in [4.78, 5) is 11.3. The monoisotopic (exact) mass is 224 g/mol. The second kappa shape index (κ2) is 6.09. The van der Waals surface area contributed by atoms with Crippen molar-refractivity contribution in [2.45, 2.75) is 12.6 Å². The minimum atomic E-state index is -1.16. The number of aliphatic hydroxyl groups excluding tert-OH is 1. The first-order chi connectivity index (χ1) is 7.69. The SMILES string of the molecule is COc1ccccc1CNC(=O)C(O)CN. The zero-order valence-corrected chi connectivity index (χ0v) is 9.14. The molecule has 0 fully saturated rings. The molecule has 1 rings (SSSR count). The van der Waals surface area contributed by atoms with Crippen LogP contribution in [-0.4, -0.2) is 30.8 Å². The molecule has 88 valence electrons. The van der Waals surface area contributed by atoms with Gasteiger partial charge >= 0.3 is 0 Å². The first-order valence-corrected chi connectivity index (χ1v) is 4.96. The van der Waals surface area contributed by atoms with Crippen molar-refractivity contribution in [3.63, 3.8) is 0 Å². The standard InChI is InChI=1S/C11H16N2O3/c1-16-10-5-3-2-4-8(10)7-13-11(15)9(14)6-12/h2-5,9,14H,6-7,12H2,1H3,(H,13,15). The van der Waals surface area contributed by atoms with Crippen molar-refractivity contribution in [3.8, 4) is 5.75 Å². The Morgan fingerprint density at radius 3 is 2.88 bits per heavy atom. The molecule has 0 aliphatic heterocycles. The number of methoxy groups -OCH3 is 1. The molecule has 5 nitrogen and oxygen atoms in total. The van der Waals surface area contributed by atoms with Crippen molar-refractivity contribution >= 4 is 5.91 Å². The Kier molecular flexibility index (Phi) is 4.75. The van der Waals surface area contributed by atoms with E-state index in [1.54, 1.807) is 13.2 Å². The van der Waals surface area contributed by atoms with E-state index in [1.807, 2.05) is 18.2 Å². The molecule has 0 saturated carbocycles. The summed E-state index contributed by atoms with van der Waals surface area (Å²) >= 11 is 0. The van der Waals surface area contributed by atoms with Gasteiger partial charge in [0.2, 0.25) is 5.91 Å². The van der Waals surface area contributed by atoms with E-state index in [1.165, 1.54) is 0 Å². The summed E-state index contributed by atoms with van der Waals surface area (Å²) in [6, 6.07) is 7.34. The molecule has 4 N–H and O–H groups in total. The van der Waals surface area contributed by atoms with Gasteiger partial charge in [0.15, 0.2) is 0 Å². The van der Waals surface area contributed by atoms with E-state index >= 15 is 0 Å². The van der Waals surface area contributed by atoms with Gasteiger partial charge in [-0.3, -0.25) is 4.79 Å². The molecule has 1 atom stereocenters. The Balaban J connectivity index is 2.57. The van der Waals surface area contributed by atoms with Crippen LogP contribution in [0.4, 0.5) is 0 Å². The number of carbonyl (C=O) groups is 1. The maximum absolute atomic E-state index is 11.3. The number of aliphatic hydroxyl groups is 1. The molecular weight excluding hydrogens is 208 g/mol. The zero-order chi connectivity index (χ0) is 12.0. The van der Waals surface area contributed by atoms with Gasteiger partial charge in [-0.1, -0.05) is 18.2 Å². The van der Waals surface area contributed by atoms with Crippen LogP contribution < -0.4 is 15.8 Å². The molecule has 0 radical (unpaired) electrons. The van der Waals surface area contributed by atoms with Crippen LogP contribution in [0.3, 0.4) is 0 Å². The third-order valence-corrected chi connectivity index (χ3v) is 2.17. The highest BCUT2D eigenvalue weighted by molar-refractivity contribution is 5.80. The lowest BCUT2D eigenvalue weighted by Gasteiger charge is -2.11. The molecule has 0 saturated heterocycles. The largest absolute Gasteiger partial charge is 0.496 e. The topological polar surface area (TPSA) is 84.6 Å². The minimum absolute atomic E-state index is 0.0856. The van der Waals surface area contributed by atoms with Crippen LogP contribution >= 0.6 is 0 Å². The molecule has 0 aromatic heterocycles. The van der Waals surface area contributed by atoms with Crippen LogP contribution in [0.5, 0.6) is 5.75 Å². The van der Waals surface area contributed by atoms with E-state index in [0.29, 0.717) is 12.3 Å². The Morgan fingerprint density at radius 2 is 2.25 bits per heavy atom. The third-order valence-electron chi connectivity index (χ3n) is 2.17. The van der Waals surface area contributed by atoms with Crippen LogP contribution in [0.25, 0.3) is 0 Å². The fraction of sp³-hybridized carbons (Fsp3) is 0.364. The predicted molar refractivity (Wildman–Crippen MR) is 59.9 cm³/mol. The summed E-state index contributed by atoms with van der Waals surface area (Å²) in [6.07, 6.45) is -1.16. The fourth-order valence-electron chi connectivity index (χ4n) is 1.26. The number of nitrogens with two attached hydrogens (primary N) is 1. The van der Waals surface area contributed by atoms with Gasteiger partial charge in [0.1, 0.15) is 11.9 Å². The second-order valence-corrected chi connectivity index (χ2v) is 3.28. The third kappa shape index (κ3) is 3.22. The first kappa shape index (κ1) is 12.5. The van der Waals surface area contributed by atoms with E-state index in [9.17, 15) is 4.79 Å². The van der Waals surface area contributed by atoms with Crippen molar-refractivity contribution in [2.24, 2.45) is 5.73 Å². The average molecular weight is 224 g/mol. The Labute approximate surface area is 94.2 Å². The number of hydrogen-bond donors (Lipinski definition) is 3. The molecule has 0 aliphatic rings. The first-order valence-electron chi connectivity index (χ1n) is 4.96. The quantitative estimate of drug-likeness (QED) is 0.637. The molecule has 16 heavy (non-hydrogen) atoms. The molecule has 1 aromatic rings. The highest BCUT2D eigenvalue weighted by Crippen LogP contribution is 2.16. The van der Waals surface area contributed by atoms with Gasteiger partial charge in [0.05, 0.1) is 7.11 Å². The van der Waals surface area contributed by atoms with Crippen molar-refractivity contribution in [3.05, 3.63) is 29.8 Å². The van der Waals surface area contributed by atoms with Gasteiger partial charge in [-0.15, -0.1) is 0 Å². The van der Waals surface area contributed by atoms with Crippen molar-refractivity contribution in [1.29, 1.82) is 0 Å². The van der Waals surface area contributed by atoms with Crippen LogP contribution in [0, 0.1) is 0 Å². The number of amides is 1. The van der Waals surface area contributed by atoms with E-state index < -0.39 is 12.0 Å². The minimum Gasteiger partial charge on any atom is -0.496 e. The maximum atomic E-state index is 11.3. The molecule has 1 amide bonds. The lowest BCUT2D eigenvalue weighted by atomic mass is 10.2. The number of rotatable bonds is 5. The number of nitrogens with one attached hydrogen (secondary N) is 1. The number of para-hydroxylation sites is 1. The molecule has 0 heterocycles. The summed E-state index contributed by atoms with van der Waals surface area (Å²) in [5.74, 6) is 0.221. The molecule has 0 spiro atoms. The van der Waals surface area contributed by atoms with Gasteiger partial charge in [-0.2, -0.15) is 0 Å². The van der Waals surface area contributed by atoms with Gasteiger partial charge in [0.25, 0.3) is 0 Å². The zero-order valence-electron chi connectivity index (χ0n) is 9.14. The summed E-state index contributed by atoms with van der Waals surface area (Å²) in [6.45, 7) is 0.220. The van der Waals surface area contributed by atoms with Crippen LogP contribution in [-0.2, 0) is 11.3 Å². The van der Waals surface area contributed by atoms with E-state index in [-0.39, 0.29) is 6.54 Å². The van der Waals surface area contributed by atoms with Crippen LogP contribution in [0.2, 0.25) is 0 Å². The van der Waals surface area contributed by atoms with Gasteiger partial charge in [0, 0.05) is 18.7 Å². The van der Waals surface area contributed by atoms with Crippen molar-refractivity contribution in [1.82, 2.24) is 5.32 Å². The molecule has 1 unspecified atom stereocenters. The summed E-state index contributed by atoms with van der Waals surface area (Å²) in [5.41, 5.74) is 6.01. The molecule has 5 heteroatoms. The Bertz CT molecular complexity index is 355.